The zero-order chi connectivity index (χ0) is 9.80. The zero-order valence-electron chi connectivity index (χ0n) is 8.54. The van der Waals surface area contributed by atoms with Crippen LogP contribution in [0.3, 0.4) is 0 Å². The third kappa shape index (κ3) is 2.55. The molecule has 14 heavy (non-hydrogen) atoms. The summed E-state index contributed by atoms with van der Waals surface area (Å²) < 4.78 is 10.8. The smallest absolute Gasteiger partial charge is 0.140 e. The van der Waals surface area contributed by atoms with Crippen LogP contribution in [-0.2, 0) is 14.3 Å². The van der Waals surface area contributed by atoms with Gasteiger partial charge in [0.2, 0.25) is 0 Å². The average molecular weight is 198 g/mol. The summed E-state index contributed by atoms with van der Waals surface area (Å²) in [4.78, 5) is 11.8. The van der Waals surface area contributed by atoms with Crippen molar-refractivity contribution < 1.29 is 14.3 Å². The van der Waals surface area contributed by atoms with Gasteiger partial charge in [-0.2, -0.15) is 0 Å². The molecule has 0 amide bonds. The molecule has 0 aromatic heterocycles. The van der Waals surface area contributed by atoms with Crippen molar-refractivity contribution >= 4 is 5.78 Å². The lowest BCUT2D eigenvalue weighted by Gasteiger charge is -2.22. The Hall–Kier alpha value is -0.410. The topological polar surface area (TPSA) is 35.5 Å². The summed E-state index contributed by atoms with van der Waals surface area (Å²) in [5.41, 5.74) is 0. The van der Waals surface area contributed by atoms with E-state index in [0.717, 1.165) is 32.5 Å². The van der Waals surface area contributed by atoms with E-state index in [0.29, 0.717) is 18.8 Å². The first-order chi connectivity index (χ1) is 6.86. The largest absolute Gasteiger partial charge is 0.381 e. The van der Waals surface area contributed by atoms with E-state index in [1.807, 2.05) is 0 Å². The van der Waals surface area contributed by atoms with E-state index in [9.17, 15) is 4.79 Å². The second kappa shape index (κ2) is 4.89. The molecule has 2 heterocycles. The lowest BCUT2D eigenvalue weighted by molar-refractivity contribution is -0.126. The van der Waals surface area contributed by atoms with Crippen LogP contribution in [0.25, 0.3) is 0 Å². The van der Waals surface area contributed by atoms with E-state index >= 15 is 0 Å². The first-order valence-corrected chi connectivity index (χ1v) is 5.58. The SMILES string of the molecule is O=C(CC1CCCCO1)C1CCOC1. The summed E-state index contributed by atoms with van der Waals surface area (Å²) in [6.07, 6.45) is 5.12. The Morgan fingerprint density at radius 1 is 1.21 bits per heavy atom. The molecule has 80 valence electrons. The van der Waals surface area contributed by atoms with Crippen molar-refractivity contribution in [2.45, 2.75) is 38.2 Å². The maximum absolute atomic E-state index is 11.8. The monoisotopic (exact) mass is 198 g/mol. The highest BCUT2D eigenvalue weighted by Crippen LogP contribution is 2.21. The molecule has 0 aliphatic carbocycles. The zero-order valence-corrected chi connectivity index (χ0v) is 8.54. The number of hydrogen-bond donors (Lipinski definition) is 0. The molecule has 2 aliphatic heterocycles. The number of ether oxygens (including phenoxy) is 2. The third-order valence-corrected chi connectivity index (χ3v) is 3.09. The summed E-state index contributed by atoms with van der Waals surface area (Å²) in [5, 5.41) is 0. The Morgan fingerprint density at radius 2 is 2.14 bits per heavy atom. The lowest BCUT2D eigenvalue weighted by atomic mass is 9.96. The van der Waals surface area contributed by atoms with Crippen LogP contribution in [-0.4, -0.2) is 31.7 Å². The molecule has 2 saturated heterocycles. The van der Waals surface area contributed by atoms with Gasteiger partial charge in [-0.3, -0.25) is 4.79 Å². The second-order valence-electron chi connectivity index (χ2n) is 4.22. The molecule has 3 heteroatoms. The highest BCUT2D eigenvalue weighted by atomic mass is 16.5. The van der Waals surface area contributed by atoms with Crippen LogP contribution in [0.2, 0.25) is 0 Å². The van der Waals surface area contributed by atoms with Crippen molar-refractivity contribution in [2.75, 3.05) is 19.8 Å². The van der Waals surface area contributed by atoms with Crippen LogP contribution >= 0.6 is 0 Å². The summed E-state index contributed by atoms with van der Waals surface area (Å²) in [6.45, 7) is 2.21. The molecule has 0 radical (unpaired) electrons. The molecule has 0 bridgehead atoms. The van der Waals surface area contributed by atoms with E-state index in [-0.39, 0.29) is 12.0 Å². The normalized spacial score (nSPS) is 33.1. The van der Waals surface area contributed by atoms with E-state index < -0.39 is 0 Å². The number of Topliss-reactive ketones (excluding diaryl/α,β-unsaturated/α-hetero) is 1. The van der Waals surface area contributed by atoms with Gasteiger partial charge in [-0.1, -0.05) is 0 Å². The summed E-state index contributed by atoms with van der Waals surface area (Å²) in [7, 11) is 0. The molecule has 3 nitrogen and oxygen atoms in total. The molecule has 2 atom stereocenters. The first-order valence-electron chi connectivity index (χ1n) is 5.58. The van der Waals surface area contributed by atoms with Gasteiger partial charge in [0, 0.05) is 25.6 Å². The van der Waals surface area contributed by atoms with Crippen LogP contribution in [0, 0.1) is 5.92 Å². The minimum Gasteiger partial charge on any atom is -0.381 e. The van der Waals surface area contributed by atoms with Crippen molar-refractivity contribution in [2.24, 2.45) is 5.92 Å². The van der Waals surface area contributed by atoms with Crippen LogP contribution in [0.5, 0.6) is 0 Å². The fraction of sp³-hybridized carbons (Fsp3) is 0.909. The van der Waals surface area contributed by atoms with E-state index in [1.165, 1.54) is 6.42 Å². The Morgan fingerprint density at radius 3 is 2.79 bits per heavy atom. The second-order valence-corrected chi connectivity index (χ2v) is 4.22. The number of carbonyl (C=O) groups excluding carboxylic acids is 1. The van der Waals surface area contributed by atoms with Gasteiger partial charge in [0.1, 0.15) is 5.78 Å². The van der Waals surface area contributed by atoms with Gasteiger partial charge in [-0.25, -0.2) is 0 Å². The molecule has 0 N–H and O–H groups in total. The highest BCUT2D eigenvalue weighted by Gasteiger charge is 2.26. The van der Waals surface area contributed by atoms with Crippen LogP contribution in [0.1, 0.15) is 32.1 Å². The summed E-state index contributed by atoms with van der Waals surface area (Å²) >= 11 is 0. The van der Waals surface area contributed by atoms with E-state index in [2.05, 4.69) is 0 Å². The fourth-order valence-corrected chi connectivity index (χ4v) is 2.15. The molecular formula is C11H18O3. The van der Waals surface area contributed by atoms with Crippen LogP contribution in [0.4, 0.5) is 0 Å². The van der Waals surface area contributed by atoms with Gasteiger partial charge in [-0.05, 0) is 25.7 Å². The van der Waals surface area contributed by atoms with Gasteiger partial charge in [0.25, 0.3) is 0 Å². The molecule has 0 aromatic rings. The van der Waals surface area contributed by atoms with Gasteiger partial charge in [-0.15, -0.1) is 0 Å². The highest BCUT2D eigenvalue weighted by molar-refractivity contribution is 5.81. The Balaban J connectivity index is 1.75. The molecule has 2 aliphatic rings. The molecular weight excluding hydrogens is 180 g/mol. The molecule has 0 aromatic carbocycles. The van der Waals surface area contributed by atoms with Gasteiger partial charge >= 0.3 is 0 Å². The maximum Gasteiger partial charge on any atom is 0.140 e. The van der Waals surface area contributed by atoms with Gasteiger partial charge in [0.05, 0.1) is 12.7 Å². The first kappa shape index (κ1) is 10.1. The number of carbonyl (C=O) groups is 1. The summed E-state index contributed by atoms with van der Waals surface area (Å²) in [5.74, 6) is 0.495. The fourth-order valence-electron chi connectivity index (χ4n) is 2.15. The third-order valence-electron chi connectivity index (χ3n) is 3.09. The Kier molecular flexibility index (Phi) is 3.54. The van der Waals surface area contributed by atoms with Crippen molar-refractivity contribution in [3.05, 3.63) is 0 Å². The molecule has 2 unspecified atom stereocenters. The number of rotatable bonds is 3. The van der Waals surface area contributed by atoms with Crippen LogP contribution in [0.15, 0.2) is 0 Å². The average Bonchev–Trinajstić information content (AvgIpc) is 2.72. The minimum atomic E-state index is 0.153. The number of ketones is 1. The van der Waals surface area contributed by atoms with E-state index in [4.69, 9.17) is 9.47 Å². The van der Waals surface area contributed by atoms with Gasteiger partial charge < -0.3 is 9.47 Å². The van der Waals surface area contributed by atoms with Crippen molar-refractivity contribution in [1.82, 2.24) is 0 Å². The standard InChI is InChI=1S/C11H18O3/c12-11(9-4-6-13-8-9)7-10-3-1-2-5-14-10/h9-10H,1-8H2. The predicted molar refractivity (Wildman–Crippen MR) is 52.1 cm³/mol. The quantitative estimate of drug-likeness (QED) is 0.690. The molecule has 0 spiro atoms. The molecule has 0 saturated carbocycles. The summed E-state index contributed by atoms with van der Waals surface area (Å²) in [6, 6.07) is 0. The van der Waals surface area contributed by atoms with Crippen molar-refractivity contribution in [1.29, 1.82) is 0 Å². The van der Waals surface area contributed by atoms with Gasteiger partial charge in [0.15, 0.2) is 0 Å². The Labute approximate surface area is 84.8 Å². The maximum atomic E-state index is 11.8. The van der Waals surface area contributed by atoms with E-state index in [1.54, 1.807) is 0 Å². The Bertz CT molecular complexity index is 191. The van der Waals surface area contributed by atoms with Crippen molar-refractivity contribution in [3.63, 3.8) is 0 Å². The lowest BCUT2D eigenvalue weighted by Crippen LogP contribution is -2.26. The minimum absolute atomic E-state index is 0.153. The van der Waals surface area contributed by atoms with Crippen LogP contribution < -0.4 is 0 Å². The number of hydrogen-bond acceptors (Lipinski definition) is 3. The molecule has 2 rings (SSSR count). The predicted octanol–water partition coefficient (Wildman–Crippen LogP) is 1.55. The molecule has 2 fully saturated rings. The van der Waals surface area contributed by atoms with Crippen molar-refractivity contribution in [3.8, 4) is 0 Å².